The Labute approximate surface area is 195 Å². The molecule has 2 unspecified atom stereocenters. The van der Waals surface area contributed by atoms with Crippen LogP contribution in [0, 0.1) is 11.6 Å². The fraction of sp³-hybridized carbons (Fsp3) is 0.480. The molecule has 0 aromatic heterocycles. The Morgan fingerprint density at radius 3 is 2.29 bits per heavy atom. The molecule has 0 heterocycles. The molecule has 0 aliphatic heterocycles. The van der Waals surface area contributed by atoms with Crippen molar-refractivity contribution < 1.29 is 31.9 Å². The fourth-order valence-electron chi connectivity index (χ4n) is 4.69. The SMILES string of the molecule is CC(=O)NC(Cc1cc(F)cc(F)c1)C(O)CNC1(c2cccc(C(F)(F)F)c2)CCCCC1. The monoisotopic (exact) mass is 484 g/mol. The number of amides is 1. The van der Waals surface area contributed by atoms with E-state index in [-0.39, 0.29) is 18.5 Å². The summed E-state index contributed by atoms with van der Waals surface area (Å²) in [6.45, 7) is 1.24. The van der Waals surface area contributed by atoms with Crippen molar-refractivity contribution in [2.45, 2.75) is 69.3 Å². The Balaban J connectivity index is 1.80. The third-order valence-electron chi connectivity index (χ3n) is 6.33. The lowest BCUT2D eigenvalue weighted by molar-refractivity contribution is -0.137. The second kappa shape index (κ2) is 10.8. The van der Waals surface area contributed by atoms with Crippen molar-refractivity contribution in [1.82, 2.24) is 10.6 Å². The molecule has 3 rings (SSSR count). The molecule has 9 heteroatoms. The summed E-state index contributed by atoms with van der Waals surface area (Å²) >= 11 is 0. The summed E-state index contributed by atoms with van der Waals surface area (Å²) in [5.41, 5.74) is -0.730. The third-order valence-corrected chi connectivity index (χ3v) is 6.33. The van der Waals surface area contributed by atoms with E-state index in [0.29, 0.717) is 18.4 Å². The number of halogens is 5. The Hall–Kier alpha value is -2.52. The van der Waals surface area contributed by atoms with Crippen LogP contribution in [-0.2, 0) is 22.9 Å². The van der Waals surface area contributed by atoms with Gasteiger partial charge in [0.25, 0.3) is 0 Å². The van der Waals surface area contributed by atoms with E-state index in [1.165, 1.54) is 13.0 Å². The number of hydrogen-bond acceptors (Lipinski definition) is 3. The van der Waals surface area contributed by atoms with E-state index < -0.39 is 47.0 Å². The molecule has 1 aliphatic carbocycles. The van der Waals surface area contributed by atoms with Gasteiger partial charge in [0.15, 0.2) is 0 Å². The largest absolute Gasteiger partial charge is 0.416 e. The maximum atomic E-state index is 13.6. The first-order valence-corrected chi connectivity index (χ1v) is 11.3. The van der Waals surface area contributed by atoms with Crippen LogP contribution in [0.3, 0.4) is 0 Å². The smallest absolute Gasteiger partial charge is 0.390 e. The van der Waals surface area contributed by atoms with Gasteiger partial charge in [0.05, 0.1) is 17.7 Å². The quantitative estimate of drug-likeness (QED) is 0.470. The molecule has 1 saturated carbocycles. The van der Waals surface area contributed by atoms with Gasteiger partial charge in [0, 0.05) is 25.1 Å². The van der Waals surface area contributed by atoms with Crippen LogP contribution in [-0.4, -0.2) is 29.7 Å². The van der Waals surface area contributed by atoms with E-state index in [4.69, 9.17) is 0 Å². The molecular formula is C25H29F5N2O2. The van der Waals surface area contributed by atoms with Gasteiger partial charge in [0.2, 0.25) is 5.91 Å². The van der Waals surface area contributed by atoms with Crippen LogP contribution in [0.2, 0.25) is 0 Å². The zero-order chi connectivity index (χ0) is 24.9. The average molecular weight is 485 g/mol. The Morgan fingerprint density at radius 2 is 1.71 bits per heavy atom. The topological polar surface area (TPSA) is 61.4 Å². The van der Waals surface area contributed by atoms with E-state index in [1.54, 1.807) is 6.07 Å². The zero-order valence-corrected chi connectivity index (χ0v) is 18.9. The molecule has 2 aromatic rings. The minimum absolute atomic E-state index is 0.0202. The van der Waals surface area contributed by atoms with E-state index in [2.05, 4.69) is 10.6 Å². The van der Waals surface area contributed by atoms with Gasteiger partial charge >= 0.3 is 6.18 Å². The van der Waals surface area contributed by atoms with Crippen LogP contribution in [0.25, 0.3) is 0 Å². The summed E-state index contributed by atoms with van der Waals surface area (Å²) in [7, 11) is 0. The molecular weight excluding hydrogens is 455 g/mol. The number of carbonyl (C=O) groups is 1. The molecule has 1 amide bonds. The van der Waals surface area contributed by atoms with Crippen molar-refractivity contribution in [3.05, 3.63) is 70.8 Å². The third kappa shape index (κ3) is 6.76. The molecule has 0 saturated heterocycles. The predicted octanol–water partition coefficient (Wildman–Crippen LogP) is 4.84. The van der Waals surface area contributed by atoms with Crippen molar-refractivity contribution in [2.75, 3.05) is 6.54 Å². The molecule has 1 aliphatic rings. The standard InChI is InChI=1S/C25H29F5N2O2/c1-16(33)32-22(12-17-10-20(26)14-21(27)11-17)23(34)15-31-24(8-3-2-4-9-24)18-6-5-7-19(13-18)25(28,29)30/h5-7,10-11,13-14,22-23,31,34H,2-4,8-9,12,15H2,1H3,(H,32,33). The Kier molecular flexibility index (Phi) is 8.30. The van der Waals surface area contributed by atoms with Crippen molar-refractivity contribution in [3.63, 3.8) is 0 Å². The molecule has 1 fully saturated rings. The number of aliphatic hydroxyl groups is 1. The lowest BCUT2D eigenvalue weighted by Crippen LogP contribution is -2.53. The number of nitrogens with one attached hydrogen (secondary N) is 2. The van der Waals surface area contributed by atoms with Gasteiger partial charge in [-0.15, -0.1) is 0 Å². The summed E-state index contributed by atoms with van der Waals surface area (Å²) in [4.78, 5) is 11.7. The maximum absolute atomic E-state index is 13.6. The van der Waals surface area contributed by atoms with Crippen LogP contribution >= 0.6 is 0 Å². The van der Waals surface area contributed by atoms with E-state index in [0.717, 1.165) is 49.6 Å². The number of aliphatic hydroxyl groups excluding tert-OH is 1. The number of rotatable bonds is 8. The highest BCUT2D eigenvalue weighted by atomic mass is 19.4. The molecule has 0 bridgehead atoms. The van der Waals surface area contributed by atoms with Gasteiger partial charge < -0.3 is 15.7 Å². The molecule has 4 nitrogen and oxygen atoms in total. The first kappa shape index (κ1) is 26.1. The lowest BCUT2D eigenvalue weighted by Gasteiger charge is -2.40. The minimum Gasteiger partial charge on any atom is -0.390 e. The highest BCUT2D eigenvalue weighted by molar-refractivity contribution is 5.73. The van der Waals surface area contributed by atoms with Gasteiger partial charge in [-0.2, -0.15) is 13.2 Å². The van der Waals surface area contributed by atoms with E-state index in [1.807, 2.05) is 0 Å². The first-order valence-electron chi connectivity index (χ1n) is 11.3. The van der Waals surface area contributed by atoms with Crippen molar-refractivity contribution in [2.24, 2.45) is 0 Å². The summed E-state index contributed by atoms with van der Waals surface area (Å²) < 4.78 is 67.1. The Bertz CT molecular complexity index is 969. The van der Waals surface area contributed by atoms with Crippen LogP contribution in [0.4, 0.5) is 22.0 Å². The van der Waals surface area contributed by atoms with Gasteiger partial charge in [0.1, 0.15) is 11.6 Å². The molecule has 0 spiro atoms. The van der Waals surface area contributed by atoms with E-state index in [9.17, 15) is 31.9 Å². The van der Waals surface area contributed by atoms with Crippen LogP contribution in [0.15, 0.2) is 42.5 Å². The highest BCUT2D eigenvalue weighted by Crippen LogP contribution is 2.39. The summed E-state index contributed by atoms with van der Waals surface area (Å²) in [5.74, 6) is -1.96. The molecule has 186 valence electrons. The van der Waals surface area contributed by atoms with E-state index >= 15 is 0 Å². The predicted molar refractivity (Wildman–Crippen MR) is 118 cm³/mol. The van der Waals surface area contributed by atoms with Crippen LogP contribution in [0.1, 0.15) is 55.7 Å². The molecule has 2 atom stereocenters. The summed E-state index contributed by atoms with van der Waals surface area (Å²) in [6.07, 6.45) is -1.85. The highest BCUT2D eigenvalue weighted by Gasteiger charge is 2.37. The maximum Gasteiger partial charge on any atom is 0.416 e. The number of benzene rings is 2. The zero-order valence-electron chi connectivity index (χ0n) is 18.9. The second-order valence-electron chi connectivity index (χ2n) is 8.96. The molecule has 2 aromatic carbocycles. The Morgan fingerprint density at radius 1 is 1.06 bits per heavy atom. The van der Waals surface area contributed by atoms with Gasteiger partial charge in [-0.25, -0.2) is 8.78 Å². The molecule has 3 N–H and O–H groups in total. The van der Waals surface area contributed by atoms with Gasteiger partial charge in [-0.1, -0.05) is 31.4 Å². The van der Waals surface area contributed by atoms with Crippen molar-refractivity contribution in [1.29, 1.82) is 0 Å². The van der Waals surface area contributed by atoms with Gasteiger partial charge in [-0.3, -0.25) is 4.79 Å². The number of carbonyl (C=O) groups excluding carboxylic acids is 1. The minimum atomic E-state index is -4.47. The number of alkyl halides is 3. The fourth-order valence-corrected chi connectivity index (χ4v) is 4.69. The normalized spacial score (nSPS) is 17.7. The van der Waals surface area contributed by atoms with Crippen molar-refractivity contribution >= 4 is 5.91 Å². The van der Waals surface area contributed by atoms with Crippen molar-refractivity contribution in [3.8, 4) is 0 Å². The van der Waals surface area contributed by atoms with Crippen LogP contribution < -0.4 is 10.6 Å². The molecule has 0 radical (unpaired) electrons. The van der Waals surface area contributed by atoms with Gasteiger partial charge in [-0.05, 0) is 54.7 Å². The average Bonchev–Trinajstić information content (AvgIpc) is 2.76. The summed E-state index contributed by atoms with van der Waals surface area (Å²) in [6, 6.07) is 7.34. The second-order valence-corrected chi connectivity index (χ2v) is 8.96. The first-order chi connectivity index (χ1) is 16.0. The number of hydrogen-bond donors (Lipinski definition) is 3. The molecule has 34 heavy (non-hydrogen) atoms. The summed E-state index contributed by atoms with van der Waals surface area (Å²) in [5, 5.41) is 16.8. The van der Waals surface area contributed by atoms with Crippen LogP contribution in [0.5, 0.6) is 0 Å². The lowest BCUT2D eigenvalue weighted by atomic mass is 9.76.